The highest BCUT2D eigenvalue weighted by molar-refractivity contribution is 8.13. The molecule has 0 aliphatic rings. The molecule has 0 fully saturated rings. The summed E-state index contributed by atoms with van der Waals surface area (Å²) in [6.45, 7) is 2.69. The van der Waals surface area contributed by atoms with E-state index in [4.69, 9.17) is 0 Å². The van der Waals surface area contributed by atoms with E-state index in [1.807, 2.05) is 25.1 Å². The normalized spacial score (nSPS) is 9.79. The van der Waals surface area contributed by atoms with Gasteiger partial charge in [-0.15, -0.1) is 0 Å². The van der Waals surface area contributed by atoms with Crippen molar-refractivity contribution in [3.8, 4) is 0 Å². The minimum atomic E-state index is 0.0726. The summed E-state index contributed by atoms with van der Waals surface area (Å²) in [5.74, 6) is 0.831. The van der Waals surface area contributed by atoms with Crippen LogP contribution in [0, 0.1) is 0 Å². The molecule has 3 heteroatoms. The van der Waals surface area contributed by atoms with Crippen LogP contribution in [0.1, 0.15) is 12.5 Å². The minimum Gasteiger partial charge on any atom is -0.347 e. The average Bonchev–Trinajstić information content (AvgIpc) is 2.20. The van der Waals surface area contributed by atoms with Crippen LogP contribution in [0.3, 0.4) is 0 Å². The number of hydrogen-bond acceptors (Lipinski definition) is 2. The summed E-state index contributed by atoms with van der Waals surface area (Å²) in [6, 6.07) is 10.2. The van der Waals surface area contributed by atoms with Crippen LogP contribution in [0.4, 0.5) is 4.79 Å². The molecule has 0 radical (unpaired) electrons. The highest BCUT2D eigenvalue weighted by Crippen LogP contribution is 2.01. The topological polar surface area (TPSA) is 29.1 Å². The first-order valence-electron chi connectivity index (χ1n) is 4.77. The first-order chi connectivity index (χ1) is 6.83. The third-order valence-corrected chi connectivity index (χ3v) is 2.50. The van der Waals surface area contributed by atoms with Crippen molar-refractivity contribution in [1.29, 1.82) is 0 Å². The smallest absolute Gasteiger partial charge is 0.279 e. The lowest BCUT2D eigenvalue weighted by Gasteiger charge is -2.03. The predicted octanol–water partition coefficient (Wildman–Crippen LogP) is 2.69. The number of thioether (sulfide) groups is 1. The van der Waals surface area contributed by atoms with E-state index in [1.165, 1.54) is 17.3 Å². The molecule has 0 heterocycles. The molecule has 0 spiro atoms. The fraction of sp³-hybridized carbons (Fsp3) is 0.364. The van der Waals surface area contributed by atoms with Crippen LogP contribution in [0.2, 0.25) is 0 Å². The molecule has 1 N–H and O–H groups in total. The van der Waals surface area contributed by atoms with E-state index >= 15 is 0 Å². The maximum Gasteiger partial charge on any atom is 0.279 e. The zero-order chi connectivity index (χ0) is 10.2. The number of carbonyl (C=O) groups is 1. The molecular formula is C11H15NOS. The maximum absolute atomic E-state index is 11.1. The van der Waals surface area contributed by atoms with Gasteiger partial charge in [-0.3, -0.25) is 4.79 Å². The van der Waals surface area contributed by atoms with E-state index in [2.05, 4.69) is 17.4 Å². The second-order valence-corrected chi connectivity index (χ2v) is 4.12. The van der Waals surface area contributed by atoms with Crippen LogP contribution < -0.4 is 5.32 Å². The number of amides is 1. The van der Waals surface area contributed by atoms with Gasteiger partial charge in [-0.05, 0) is 17.7 Å². The highest BCUT2D eigenvalue weighted by Gasteiger charge is 1.98. The number of nitrogens with one attached hydrogen (secondary N) is 1. The SMILES string of the molecule is CCSC(=O)NCCc1ccccc1. The molecule has 0 atom stereocenters. The Kier molecular flexibility index (Phi) is 5.15. The van der Waals surface area contributed by atoms with Gasteiger partial charge < -0.3 is 5.32 Å². The van der Waals surface area contributed by atoms with Crippen LogP contribution in [0.15, 0.2) is 30.3 Å². The zero-order valence-electron chi connectivity index (χ0n) is 8.32. The van der Waals surface area contributed by atoms with Crippen molar-refractivity contribution in [3.63, 3.8) is 0 Å². The summed E-state index contributed by atoms with van der Waals surface area (Å²) in [7, 11) is 0. The van der Waals surface area contributed by atoms with Crippen LogP contribution in [-0.2, 0) is 6.42 Å². The van der Waals surface area contributed by atoms with Gasteiger partial charge in [-0.1, -0.05) is 49.0 Å². The Morgan fingerprint density at radius 2 is 2.07 bits per heavy atom. The molecule has 0 saturated heterocycles. The molecule has 1 aromatic rings. The van der Waals surface area contributed by atoms with Crippen LogP contribution in [0.5, 0.6) is 0 Å². The summed E-state index contributed by atoms with van der Waals surface area (Å²) in [6.07, 6.45) is 0.900. The van der Waals surface area contributed by atoms with Crippen molar-refractivity contribution in [2.45, 2.75) is 13.3 Å². The predicted molar refractivity (Wildman–Crippen MR) is 61.7 cm³/mol. The van der Waals surface area contributed by atoms with Gasteiger partial charge >= 0.3 is 0 Å². The third kappa shape index (κ3) is 4.33. The molecule has 76 valence electrons. The van der Waals surface area contributed by atoms with Crippen LogP contribution in [0.25, 0.3) is 0 Å². The first-order valence-corrected chi connectivity index (χ1v) is 5.76. The first kappa shape index (κ1) is 11.1. The van der Waals surface area contributed by atoms with E-state index in [1.54, 1.807) is 0 Å². The Morgan fingerprint density at radius 3 is 2.71 bits per heavy atom. The molecule has 0 bridgehead atoms. The molecule has 0 aliphatic heterocycles. The molecular weight excluding hydrogens is 194 g/mol. The highest BCUT2D eigenvalue weighted by atomic mass is 32.2. The van der Waals surface area contributed by atoms with E-state index in [0.29, 0.717) is 0 Å². The Hall–Kier alpha value is -0.960. The van der Waals surface area contributed by atoms with Crippen molar-refractivity contribution in [2.75, 3.05) is 12.3 Å². The Labute approximate surface area is 89.1 Å². The lowest BCUT2D eigenvalue weighted by molar-refractivity contribution is 0.261. The Balaban J connectivity index is 2.19. The van der Waals surface area contributed by atoms with Crippen LogP contribution >= 0.6 is 11.8 Å². The Bertz CT molecular complexity index is 274. The van der Waals surface area contributed by atoms with Gasteiger partial charge in [-0.25, -0.2) is 0 Å². The molecule has 0 saturated carbocycles. The second-order valence-electron chi connectivity index (χ2n) is 2.88. The number of benzene rings is 1. The van der Waals surface area contributed by atoms with Gasteiger partial charge in [0.2, 0.25) is 0 Å². The zero-order valence-corrected chi connectivity index (χ0v) is 9.14. The number of rotatable bonds is 4. The van der Waals surface area contributed by atoms with Gasteiger partial charge in [0.1, 0.15) is 0 Å². The molecule has 0 unspecified atom stereocenters. The van der Waals surface area contributed by atoms with Crippen LogP contribution in [-0.4, -0.2) is 17.5 Å². The van der Waals surface area contributed by atoms with Gasteiger partial charge in [0.15, 0.2) is 0 Å². The second kappa shape index (κ2) is 6.49. The average molecular weight is 209 g/mol. The lowest BCUT2D eigenvalue weighted by atomic mass is 10.2. The van der Waals surface area contributed by atoms with Gasteiger partial charge in [0.25, 0.3) is 5.24 Å². The van der Waals surface area contributed by atoms with Crippen molar-refractivity contribution >= 4 is 17.0 Å². The van der Waals surface area contributed by atoms with E-state index in [0.717, 1.165) is 18.7 Å². The fourth-order valence-corrected chi connectivity index (χ4v) is 1.60. The molecule has 0 aromatic heterocycles. The standard InChI is InChI=1S/C11H15NOS/c1-2-14-11(13)12-9-8-10-6-4-3-5-7-10/h3-7H,2,8-9H2,1H3,(H,12,13). The lowest BCUT2D eigenvalue weighted by Crippen LogP contribution is -2.21. The quantitative estimate of drug-likeness (QED) is 0.826. The minimum absolute atomic E-state index is 0.0726. The molecule has 14 heavy (non-hydrogen) atoms. The van der Waals surface area contributed by atoms with Crippen molar-refractivity contribution in [2.24, 2.45) is 0 Å². The van der Waals surface area contributed by atoms with Crippen molar-refractivity contribution in [3.05, 3.63) is 35.9 Å². The largest absolute Gasteiger partial charge is 0.347 e. The summed E-state index contributed by atoms with van der Waals surface area (Å²) in [5, 5.41) is 2.93. The molecule has 1 amide bonds. The van der Waals surface area contributed by atoms with E-state index in [-0.39, 0.29) is 5.24 Å². The maximum atomic E-state index is 11.1. The molecule has 2 nitrogen and oxygen atoms in total. The number of carbonyl (C=O) groups excluding carboxylic acids is 1. The summed E-state index contributed by atoms with van der Waals surface area (Å²) in [4.78, 5) is 11.1. The van der Waals surface area contributed by atoms with Gasteiger partial charge in [0.05, 0.1) is 0 Å². The molecule has 0 aliphatic carbocycles. The van der Waals surface area contributed by atoms with Gasteiger partial charge in [-0.2, -0.15) is 0 Å². The molecule has 1 aromatic carbocycles. The fourth-order valence-electron chi connectivity index (χ4n) is 1.14. The molecule has 1 rings (SSSR count). The van der Waals surface area contributed by atoms with E-state index in [9.17, 15) is 4.79 Å². The number of hydrogen-bond donors (Lipinski definition) is 1. The van der Waals surface area contributed by atoms with Crippen molar-refractivity contribution < 1.29 is 4.79 Å². The summed E-state index contributed by atoms with van der Waals surface area (Å²) >= 11 is 1.32. The third-order valence-electron chi connectivity index (χ3n) is 1.80. The summed E-state index contributed by atoms with van der Waals surface area (Å²) < 4.78 is 0. The van der Waals surface area contributed by atoms with E-state index < -0.39 is 0 Å². The van der Waals surface area contributed by atoms with Gasteiger partial charge in [0, 0.05) is 6.54 Å². The Morgan fingerprint density at radius 1 is 1.36 bits per heavy atom. The van der Waals surface area contributed by atoms with Crippen molar-refractivity contribution in [1.82, 2.24) is 5.32 Å². The summed E-state index contributed by atoms with van der Waals surface area (Å²) in [5.41, 5.74) is 1.26. The monoisotopic (exact) mass is 209 g/mol.